The zero-order chi connectivity index (χ0) is 22.9. The number of rotatable bonds is 6. The van der Waals surface area contributed by atoms with E-state index in [0.717, 1.165) is 0 Å². The van der Waals surface area contributed by atoms with Crippen LogP contribution in [-0.2, 0) is 29.1 Å². The van der Waals surface area contributed by atoms with Crippen molar-refractivity contribution < 1.29 is 32.2 Å². The first kappa shape index (κ1) is 23.0. The fraction of sp³-hybridized carbons (Fsp3) is 0.619. The maximum Gasteiger partial charge on any atom is 0.265 e. The van der Waals surface area contributed by atoms with Gasteiger partial charge in [0.25, 0.3) is 5.91 Å². The Morgan fingerprint density at radius 2 is 1.78 bits per heavy atom. The maximum atomic E-state index is 13.0. The molecule has 2 amide bonds. The van der Waals surface area contributed by atoms with Crippen molar-refractivity contribution in [2.45, 2.75) is 37.4 Å². The molecule has 1 aromatic rings. The van der Waals surface area contributed by atoms with Gasteiger partial charge >= 0.3 is 0 Å². The van der Waals surface area contributed by atoms with E-state index in [0.29, 0.717) is 63.7 Å². The lowest BCUT2D eigenvalue weighted by Crippen LogP contribution is -2.51. The molecule has 0 radical (unpaired) electrons. The van der Waals surface area contributed by atoms with Crippen LogP contribution in [0.5, 0.6) is 5.75 Å². The van der Waals surface area contributed by atoms with Crippen LogP contribution >= 0.6 is 0 Å². The van der Waals surface area contributed by atoms with Crippen molar-refractivity contribution in [2.24, 2.45) is 0 Å². The molecule has 0 atom stereocenters. The van der Waals surface area contributed by atoms with Crippen LogP contribution in [0.3, 0.4) is 0 Å². The summed E-state index contributed by atoms with van der Waals surface area (Å²) in [6, 6.07) is 4.42. The smallest absolute Gasteiger partial charge is 0.265 e. The standard InChI is InChI=1S/C21H29N3O7S/c1-3-23(4-2)32(27,28)16-5-6-18-17(13-16)24(20(26)15-29-18)14-19(25)22-9-7-21(8-10-22)30-11-12-31-21/h5-6,13H,3-4,7-12,14-15H2,1-2H3. The predicted molar refractivity (Wildman–Crippen MR) is 115 cm³/mol. The minimum atomic E-state index is -3.72. The second-order valence-electron chi connectivity index (χ2n) is 7.98. The Labute approximate surface area is 188 Å². The molecule has 0 N–H and O–H groups in total. The average molecular weight is 468 g/mol. The van der Waals surface area contributed by atoms with Crippen molar-refractivity contribution in [3.63, 3.8) is 0 Å². The van der Waals surface area contributed by atoms with E-state index in [1.807, 2.05) is 0 Å². The number of anilines is 1. The van der Waals surface area contributed by atoms with Gasteiger partial charge in [-0.1, -0.05) is 13.8 Å². The Morgan fingerprint density at radius 1 is 1.12 bits per heavy atom. The molecule has 3 aliphatic heterocycles. The number of benzene rings is 1. The summed E-state index contributed by atoms with van der Waals surface area (Å²) in [7, 11) is -3.72. The van der Waals surface area contributed by atoms with Crippen LogP contribution < -0.4 is 9.64 Å². The molecule has 2 saturated heterocycles. The van der Waals surface area contributed by atoms with Gasteiger partial charge in [-0.15, -0.1) is 0 Å². The summed E-state index contributed by atoms with van der Waals surface area (Å²) < 4.78 is 44.1. The van der Waals surface area contributed by atoms with Crippen molar-refractivity contribution >= 4 is 27.5 Å². The van der Waals surface area contributed by atoms with Gasteiger partial charge in [-0.2, -0.15) is 4.31 Å². The van der Waals surface area contributed by atoms with E-state index in [9.17, 15) is 18.0 Å². The van der Waals surface area contributed by atoms with Gasteiger partial charge in [0.15, 0.2) is 12.4 Å². The molecule has 4 rings (SSSR count). The highest BCUT2D eigenvalue weighted by molar-refractivity contribution is 7.89. The third-order valence-corrected chi connectivity index (χ3v) is 8.25. The number of amides is 2. The van der Waals surface area contributed by atoms with Crippen LogP contribution in [0.15, 0.2) is 23.1 Å². The van der Waals surface area contributed by atoms with Crippen molar-refractivity contribution in [3.05, 3.63) is 18.2 Å². The lowest BCUT2D eigenvalue weighted by atomic mass is 10.0. The number of carbonyl (C=O) groups excluding carboxylic acids is 2. The van der Waals surface area contributed by atoms with E-state index in [1.54, 1.807) is 18.7 Å². The largest absolute Gasteiger partial charge is 0.482 e. The Bertz CT molecular complexity index is 977. The number of hydrogen-bond acceptors (Lipinski definition) is 7. The number of fused-ring (bicyclic) bond motifs is 1. The highest BCUT2D eigenvalue weighted by atomic mass is 32.2. The molecule has 176 valence electrons. The second kappa shape index (κ2) is 8.97. The molecule has 11 heteroatoms. The summed E-state index contributed by atoms with van der Waals surface area (Å²) in [5, 5.41) is 0. The van der Waals surface area contributed by atoms with E-state index < -0.39 is 15.8 Å². The van der Waals surface area contributed by atoms with Gasteiger partial charge in [-0.3, -0.25) is 14.5 Å². The third kappa shape index (κ3) is 4.21. The number of ether oxygens (including phenoxy) is 3. The molecular formula is C21H29N3O7S. The molecule has 0 saturated carbocycles. The van der Waals surface area contributed by atoms with E-state index in [4.69, 9.17) is 14.2 Å². The van der Waals surface area contributed by atoms with Crippen LogP contribution in [0.4, 0.5) is 5.69 Å². The summed E-state index contributed by atoms with van der Waals surface area (Å²) in [6.07, 6.45) is 1.16. The zero-order valence-corrected chi connectivity index (χ0v) is 19.2. The average Bonchev–Trinajstić information content (AvgIpc) is 3.24. The Balaban J connectivity index is 1.53. The first-order valence-electron chi connectivity index (χ1n) is 10.9. The second-order valence-corrected chi connectivity index (χ2v) is 9.91. The number of likely N-dealkylation sites (tertiary alicyclic amines) is 1. The molecule has 3 heterocycles. The first-order valence-corrected chi connectivity index (χ1v) is 12.4. The Kier molecular flexibility index (Phi) is 6.44. The van der Waals surface area contributed by atoms with Crippen molar-refractivity contribution in [1.82, 2.24) is 9.21 Å². The van der Waals surface area contributed by atoms with Gasteiger partial charge in [0.05, 0.1) is 23.8 Å². The highest BCUT2D eigenvalue weighted by Gasteiger charge is 2.41. The Morgan fingerprint density at radius 3 is 2.41 bits per heavy atom. The molecular weight excluding hydrogens is 438 g/mol. The van der Waals surface area contributed by atoms with Crippen LogP contribution in [-0.4, -0.2) is 87.8 Å². The van der Waals surface area contributed by atoms with Gasteiger partial charge in [0.1, 0.15) is 12.3 Å². The molecule has 0 bridgehead atoms. The number of sulfonamides is 1. The molecule has 0 aliphatic carbocycles. The molecule has 32 heavy (non-hydrogen) atoms. The Hall–Kier alpha value is -2.21. The van der Waals surface area contributed by atoms with E-state index in [2.05, 4.69) is 0 Å². The number of carbonyl (C=O) groups is 2. The summed E-state index contributed by atoms with van der Waals surface area (Å²) in [4.78, 5) is 28.7. The molecule has 0 aromatic heterocycles. The monoisotopic (exact) mass is 467 g/mol. The normalized spacial score (nSPS) is 20.5. The topological polar surface area (TPSA) is 106 Å². The van der Waals surface area contributed by atoms with Crippen molar-refractivity contribution in [2.75, 3.05) is 57.4 Å². The SMILES string of the molecule is CCN(CC)S(=O)(=O)c1ccc2c(c1)N(CC(=O)N1CCC3(CC1)OCCO3)C(=O)CO2. The number of piperidine rings is 1. The third-order valence-electron chi connectivity index (χ3n) is 6.20. The van der Waals surface area contributed by atoms with Gasteiger partial charge in [0, 0.05) is 39.0 Å². The van der Waals surface area contributed by atoms with E-state index in [-0.39, 0.29) is 29.9 Å². The van der Waals surface area contributed by atoms with Crippen molar-refractivity contribution in [3.8, 4) is 5.75 Å². The summed E-state index contributed by atoms with van der Waals surface area (Å²) in [5.74, 6) is -0.817. The van der Waals surface area contributed by atoms with Gasteiger partial charge in [-0.25, -0.2) is 8.42 Å². The molecule has 10 nitrogen and oxygen atoms in total. The fourth-order valence-electron chi connectivity index (χ4n) is 4.35. The lowest BCUT2D eigenvalue weighted by Gasteiger charge is -2.38. The number of nitrogens with zero attached hydrogens (tertiary/aromatic N) is 3. The molecule has 0 unspecified atom stereocenters. The van der Waals surface area contributed by atoms with Gasteiger partial charge in [0.2, 0.25) is 15.9 Å². The van der Waals surface area contributed by atoms with Crippen LogP contribution in [0, 0.1) is 0 Å². The zero-order valence-electron chi connectivity index (χ0n) is 18.4. The van der Waals surface area contributed by atoms with Gasteiger partial charge < -0.3 is 19.1 Å². The molecule has 2 fully saturated rings. The van der Waals surface area contributed by atoms with E-state index in [1.165, 1.54) is 27.4 Å². The summed E-state index contributed by atoms with van der Waals surface area (Å²) in [6.45, 7) is 5.88. The van der Waals surface area contributed by atoms with Crippen LogP contribution in [0.1, 0.15) is 26.7 Å². The van der Waals surface area contributed by atoms with Crippen molar-refractivity contribution in [1.29, 1.82) is 0 Å². The van der Waals surface area contributed by atoms with Crippen LogP contribution in [0.25, 0.3) is 0 Å². The molecule has 3 aliphatic rings. The van der Waals surface area contributed by atoms with Crippen LogP contribution in [0.2, 0.25) is 0 Å². The minimum absolute atomic E-state index is 0.0612. The lowest BCUT2D eigenvalue weighted by molar-refractivity contribution is -0.187. The summed E-state index contributed by atoms with van der Waals surface area (Å²) in [5.41, 5.74) is 0.291. The first-order chi connectivity index (χ1) is 15.3. The molecule has 1 aromatic carbocycles. The van der Waals surface area contributed by atoms with E-state index >= 15 is 0 Å². The summed E-state index contributed by atoms with van der Waals surface area (Å²) >= 11 is 0. The quantitative estimate of drug-likeness (QED) is 0.610. The maximum absolute atomic E-state index is 13.0. The highest BCUT2D eigenvalue weighted by Crippen LogP contribution is 2.36. The molecule has 1 spiro atoms. The fourth-order valence-corrected chi connectivity index (χ4v) is 5.82. The number of hydrogen-bond donors (Lipinski definition) is 0. The predicted octanol–water partition coefficient (Wildman–Crippen LogP) is 0.808. The van der Waals surface area contributed by atoms with Gasteiger partial charge in [-0.05, 0) is 18.2 Å². The minimum Gasteiger partial charge on any atom is -0.482 e.